The number of rotatable bonds is 10. The van der Waals surface area contributed by atoms with Gasteiger partial charge in [0.15, 0.2) is 0 Å². The van der Waals surface area contributed by atoms with Gasteiger partial charge in [-0.05, 0) is 73.6 Å². The van der Waals surface area contributed by atoms with Gasteiger partial charge in [-0.3, -0.25) is 10.1 Å². The average molecular weight is 545 g/mol. The van der Waals surface area contributed by atoms with Gasteiger partial charge in [-0.2, -0.15) is 0 Å². The van der Waals surface area contributed by atoms with E-state index in [1.807, 2.05) is 0 Å². The molecule has 0 aliphatic heterocycles. The van der Waals surface area contributed by atoms with Crippen LogP contribution in [-0.2, 0) is 32.2 Å². The van der Waals surface area contributed by atoms with Gasteiger partial charge in [0.2, 0.25) is 10.0 Å². The van der Waals surface area contributed by atoms with E-state index in [0.717, 1.165) is 24.3 Å². The van der Waals surface area contributed by atoms with Crippen LogP contribution in [0.15, 0.2) is 64.4 Å². The van der Waals surface area contributed by atoms with Crippen LogP contribution in [0.25, 0.3) is 11.1 Å². The van der Waals surface area contributed by atoms with Gasteiger partial charge < -0.3 is 9.66 Å². The fraction of sp³-hybridized carbons (Fsp3) is 0.304. The maximum atomic E-state index is 12.4. The zero-order valence-electron chi connectivity index (χ0n) is 20.1. The van der Waals surface area contributed by atoms with E-state index >= 15 is 0 Å². The van der Waals surface area contributed by atoms with E-state index in [2.05, 4.69) is 4.72 Å². The van der Waals surface area contributed by atoms with Crippen LogP contribution < -0.4 is 34.3 Å². The Morgan fingerprint density at radius 1 is 0.944 bits per heavy atom. The van der Waals surface area contributed by atoms with Gasteiger partial charge in [-0.15, -0.1) is 0 Å². The molecule has 0 heterocycles. The number of nitro groups is 1. The molecule has 0 saturated heterocycles. The molecule has 0 saturated carbocycles. The Morgan fingerprint density at radius 3 is 2.06 bits per heavy atom. The number of aliphatic hydroxyl groups is 1. The van der Waals surface area contributed by atoms with E-state index in [1.165, 1.54) is 12.1 Å². The second-order valence-electron chi connectivity index (χ2n) is 8.60. The number of hydrogen-bond donors (Lipinski definition) is 2. The van der Waals surface area contributed by atoms with Crippen LogP contribution in [0.4, 0.5) is 5.69 Å². The molecule has 0 aromatic heterocycles. The average Bonchev–Trinajstić information content (AvgIpc) is 2.95. The molecule has 0 unspecified atom stereocenters. The first-order valence-corrected chi connectivity index (χ1v) is 13.6. The number of nitro benzene ring substituents is 1. The van der Waals surface area contributed by atoms with Crippen molar-refractivity contribution in [2.75, 3.05) is 6.54 Å². The molecule has 0 radical (unpaired) electrons. The summed E-state index contributed by atoms with van der Waals surface area (Å²) in [6, 6.07) is 12.3. The maximum absolute atomic E-state index is 12.4. The molecule has 3 rings (SSSR count). The fourth-order valence-corrected chi connectivity index (χ4v) is 5.50. The van der Waals surface area contributed by atoms with E-state index in [4.69, 9.17) is 0 Å². The molecule has 0 bridgehead atoms. The predicted octanol–water partition coefficient (Wildman–Crippen LogP) is 0.136. The zero-order valence-corrected chi connectivity index (χ0v) is 23.7. The minimum Gasteiger partial charge on any atom is -0.744 e. The van der Waals surface area contributed by atoms with E-state index in [0.29, 0.717) is 36.0 Å². The molecule has 0 atom stereocenters. The first-order valence-electron chi connectivity index (χ1n) is 10.7. The van der Waals surface area contributed by atoms with Crippen LogP contribution in [0, 0.1) is 10.1 Å². The summed E-state index contributed by atoms with van der Waals surface area (Å²) in [6.07, 6.45) is 1.32. The third-order valence-electron chi connectivity index (χ3n) is 5.56. The minimum atomic E-state index is -4.73. The van der Waals surface area contributed by atoms with Crippen molar-refractivity contribution in [3.63, 3.8) is 0 Å². The van der Waals surface area contributed by atoms with Gasteiger partial charge in [0.25, 0.3) is 5.69 Å². The number of nitrogens with zero attached hydrogens (tertiary/aromatic N) is 1. The number of nitrogens with one attached hydrogen (secondary N) is 1. The van der Waals surface area contributed by atoms with Gasteiger partial charge in [-0.25, -0.2) is 21.6 Å². The van der Waals surface area contributed by atoms with Crippen molar-refractivity contribution in [2.45, 2.75) is 48.5 Å². The molecule has 188 valence electrons. The summed E-state index contributed by atoms with van der Waals surface area (Å²) in [5, 5.41) is 21.0. The maximum Gasteiger partial charge on any atom is 1.00 e. The molecular formula is C23H25N2NaO8S2. The van der Waals surface area contributed by atoms with Crippen LogP contribution in [0.2, 0.25) is 0 Å². The first kappa shape index (κ1) is 30.3. The number of benzene rings is 1. The van der Waals surface area contributed by atoms with Crippen LogP contribution in [0.5, 0.6) is 0 Å². The number of hydrogen-bond acceptors (Lipinski definition) is 8. The van der Waals surface area contributed by atoms with E-state index in [1.54, 1.807) is 32.0 Å². The van der Waals surface area contributed by atoms with Crippen molar-refractivity contribution in [2.24, 2.45) is 0 Å². The van der Waals surface area contributed by atoms with Crippen LogP contribution in [0.1, 0.15) is 37.8 Å². The minimum absolute atomic E-state index is 0. The normalized spacial score (nSPS) is 12.3. The van der Waals surface area contributed by atoms with Gasteiger partial charge in [0.1, 0.15) is 10.1 Å². The number of fused-ring (bicyclic) bond motifs is 1. The second kappa shape index (κ2) is 11.7. The van der Waals surface area contributed by atoms with E-state index < -0.39 is 30.7 Å². The van der Waals surface area contributed by atoms with Gasteiger partial charge >= 0.3 is 29.6 Å². The molecule has 0 fully saturated rings. The Hall–Kier alpha value is -1.90. The molecule has 0 amide bonds. The van der Waals surface area contributed by atoms with Crippen LogP contribution in [0.3, 0.4) is 0 Å². The number of unbranched alkanes of at least 4 members (excludes halogenated alkanes) is 1. The summed E-state index contributed by atoms with van der Waals surface area (Å²) >= 11 is 0. The molecule has 1 aromatic rings. The van der Waals surface area contributed by atoms with Gasteiger partial charge in [-0.1, -0.05) is 24.3 Å². The second-order valence-corrected chi connectivity index (χ2v) is 11.7. The smallest absolute Gasteiger partial charge is 0.744 e. The number of aryl methyl sites for hydroxylation is 1. The third kappa shape index (κ3) is 7.33. The molecule has 10 nitrogen and oxygen atoms in total. The summed E-state index contributed by atoms with van der Waals surface area (Å²) in [6.45, 7) is 3.29. The Morgan fingerprint density at radius 2 is 1.53 bits per heavy atom. The quantitative estimate of drug-likeness (QED) is 0.119. The van der Waals surface area contributed by atoms with E-state index in [9.17, 15) is 36.6 Å². The summed E-state index contributed by atoms with van der Waals surface area (Å²) in [4.78, 5) is 9.67. The molecule has 36 heavy (non-hydrogen) atoms. The van der Waals surface area contributed by atoms with Crippen molar-refractivity contribution in [3.05, 3.63) is 75.8 Å². The topological polar surface area (TPSA) is 167 Å². The molecule has 2 aliphatic carbocycles. The van der Waals surface area contributed by atoms with Gasteiger partial charge in [0.05, 0.1) is 20.3 Å². The van der Waals surface area contributed by atoms with Gasteiger partial charge in [0, 0.05) is 18.7 Å². The standard InChI is InChI=1S/C23H26N2O8S2.Na/c1-23(2,26)17-6-12-20-16(15-22(35(31,32)33)21(20)13-7-17)5-3-4-14-24-34(29,30)19-10-8-18(9-11-19)25(27)28;/h6-13,15,24,26H,3-5,14H2,1-2H3,(H,31,32,33);/q;+1/p-1. The molecule has 2 N–H and O–H groups in total. The molecule has 1 aromatic carbocycles. The summed E-state index contributed by atoms with van der Waals surface area (Å²) in [5.74, 6) is 0. The summed E-state index contributed by atoms with van der Waals surface area (Å²) in [7, 11) is -8.57. The van der Waals surface area contributed by atoms with Crippen LogP contribution in [-0.4, -0.2) is 38.0 Å². The molecule has 13 heteroatoms. The Bertz CT molecular complexity index is 1420. The van der Waals surface area contributed by atoms with Crippen molar-refractivity contribution >= 4 is 25.8 Å². The molecular weight excluding hydrogens is 519 g/mol. The SMILES string of the molecule is CC(C)(O)c1ccc2c(CCCCNS(=O)(=O)c3ccc([N+](=O)[O-])cc3)cc(S(=O)(=O)[O-])c-2cc1.[Na+]. The van der Waals surface area contributed by atoms with Crippen molar-refractivity contribution < 1.29 is 61.0 Å². The van der Waals surface area contributed by atoms with Crippen molar-refractivity contribution in [1.82, 2.24) is 4.72 Å². The number of non-ortho nitro benzene ring substituents is 1. The largest absolute Gasteiger partial charge is 1.00 e. The van der Waals surface area contributed by atoms with Crippen molar-refractivity contribution in [3.8, 4) is 11.1 Å². The predicted molar refractivity (Wildman–Crippen MR) is 127 cm³/mol. The Balaban J connectivity index is 0.00000456. The first-order chi connectivity index (χ1) is 16.2. The Kier molecular flexibility index (Phi) is 9.82. The summed E-state index contributed by atoms with van der Waals surface area (Å²) < 4.78 is 62.6. The zero-order chi connectivity index (χ0) is 26.0. The number of sulfonamides is 1. The van der Waals surface area contributed by atoms with E-state index in [-0.39, 0.29) is 57.1 Å². The van der Waals surface area contributed by atoms with Crippen LogP contribution >= 0.6 is 0 Å². The van der Waals surface area contributed by atoms with Crippen molar-refractivity contribution in [1.29, 1.82) is 0 Å². The molecule has 2 aliphatic rings. The summed E-state index contributed by atoms with van der Waals surface area (Å²) in [5.41, 5.74) is 0.646. The molecule has 0 spiro atoms. The third-order valence-corrected chi connectivity index (χ3v) is 7.92. The Labute approximate surface area is 232 Å². The monoisotopic (exact) mass is 544 g/mol. The fourth-order valence-electron chi connectivity index (χ4n) is 3.69.